The Morgan fingerprint density at radius 3 is 2.60 bits per heavy atom. The Balaban J connectivity index is 2.54. The molecule has 1 aliphatic rings. The molecule has 0 heterocycles. The van der Waals surface area contributed by atoms with Crippen LogP contribution in [0, 0.1) is 5.92 Å². The Labute approximate surface area is 91.5 Å². The van der Waals surface area contributed by atoms with E-state index in [1.807, 2.05) is 13.8 Å². The second-order valence-corrected chi connectivity index (χ2v) is 4.52. The van der Waals surface area contributed by atoms with E-state index in [-0.39, 0.29) is 17.6 Å². The van der Waals surface area contributed by atoms with Crippen LogP contribution >= 0.6 is 0 Å². The smallest absolute Gasteiger partial charge is 0.249 e. The van der Waals surface area contributed by atoms with Crippen molar-refractivity contribution in [3.05, 3.63) is 0 Å². The van der Waals surface area contributed by atoms with Gasteiger partial charge in [-0.2, -0.15) is 0 Å². The summed E-state index contributed by atoms with van der Waals surface area (Å²) < 4.78 is 5.10. The van der Waals surface area contributed by atoms with Crippen LogP contribution in [-0.2, 0) is 9.53 Å². The van der Waals surface area contributed by atoms with Crippen molar-refractivity contribution in [2.75, 3.05) is 13.7 Å². The van der Waals surface area contributed by atoms with Crippen LogP contribution in [0.2, 0.25) is 0 Å². The van der Waals surface area contributed by atoms with Crippen molar-refractivity contribution in [3.8, 4) is 0 Å². The van der Waals surface area contributed by atoms with E-state index in [0.29, 0.717) is 18.9 Å². The summed E-state index contributed by atoms with van der Waals surface area (Å²) in [5.74, 6) is 0.501. The lowest BCUT2D eigenvalue weighted by molar-refractivity contribution is -0.133. The summed E-state index contributed by atoms with van der Waals surface area (Å²) >= 11 is 0. The molecule has 2 unspecified atom stereocenters. The first-order valence-corrected chi connectivity index (χ1v) is 5.62. The summed E-state index contributed by atoms with van der Waals surface area (Å²) in [5, 5.41) is 3.02. The lowest BCUT2D eigenvalue weighted by Gasteiger charge is -2.31. The van der Waals surface area contributed by atoms with Crippen molar-refractivity contribution in [1.82, 2.24) is 5.32 Å². The van der Waals surface area contributed by atoms with Crippen LogP contribution in [0.15, 0.2) is 0 Å². The largest absolute Gasteiger partial charge is 0.372 e. The van der Waals surface area contributed by atoms with Gasteiger partial charge < -0.3 is 15.8 Å². The van der Waals surface area contributed by atoms with Gasteiger partial charge in [-0.3, -0.25) is 4.79 Å². The number of hydrogen-bond donors (Lipinski definition) is 2. The van der Waals surface area contributed by atoms with Crippen LogP contribution in [0.5, 0.6) is 0 Å². The molecule has 1 fully saturated rings. The van der Waals surface area contributed by atoms with Gasteiger partial charge in [0.15, 0.2) is 0 Å². The quantitative estimate of drug-likeness (QED) is 0.682. The molecule has 1 aliphatic carbocycles. The fourth-order valence-electron chi connectivity index (χ4n) is 1.86. The minimum atomic E-state index is -0.352. The van der Waals surface area contributed by atoms with Gasteiger partial charge >= 0.3 is 0 Å². The molecule has 4 heteroatoms. The lowest BCUT2D eigenvalue weighted by Crippen LogP contribution is -2.55. The van der Waals surface area contributed by atoms with Crippen molar-refractivity contribution in [2.45, 2.75) is 44.8 Å². The van der Waals surface area contributed by atoms with Crippen molar-refractivity contribution in [1.29, 1.82) is 0 Å². The zero-order chi connectivity index (χ0) is 11.5. The van der Waals surface area contributed by atoms with Crippen molar-refractivity contribution >= 4 is 5.91 Å². The highest BCUT2D eigenvalue weighted by Gasteiger charge is 2.42. The summed E-state index contributed by atoms with van der Waals surface area (Å²) in [6, 6.07) is 0. The van der Waals surface area contributed by atoms with Crippen molar-refractivity contribution < 1.29 is 9.53 Å². The Morgan fingerprint density at radius 2 is 2.27 bits per heavy atom. The number of carbonyl (C=O) groups excluding carboxylic acids is 1. The first-order valence-electron chi connectivity index (χ1n) is 5.62. The van der Waals surface area contributed by atoms with E-state index in [4.69, 9.17) is 10.5 Å². The average Bonchev–Trinajstić information content (AvgIpc) is 3.03. The molecule has 1 rings (SSSR count). The van der Waals surface area contributed by atoms with Gasteiger partial charge in [-0.25, -0.2) is 0 Å². The van der Waals surface area contributed by atoms with Gasteiger partial charge in [0.2, 0.25) is 5.91 Å². The van der Waals surface area contributed by atoms with Crippen molar-refractivity contribution in [2.24, 2.45) is 11.7 Å². The molecule has 0 aromatic rings. The number of nitrogens with two attached hydrogens (primary N) is 1. The third-order valence-electron chi connectivity index (χ3n) is 3.26. The maximum atomic E-state index is 11.8. The van der Waals surface area contributed by atoms with Crippen molar-refractivity contribution in [3.63, 3.8) is 0 Å². The van der Waals surface area contributed by atoms with Crippen LogP contribution in [-0.4, -0.2) is 31.2 Å². The van der Waals surface area contributed by atoms with Gasteiger partial charge in [0.05, 0.1) is 5.54 Å². The topological polar surface area (TPSA) is 64.3 Å². The third-order valence-corrected chi connectivity index (χ3v) is 3.26. The Kier molecular flexibility index (Phi) is 4.11. The molecular weight excluding hydrogens is 192 g/mol. The zero-order valence-electron chi connectivity index (χ0n) is 9.88. The second kappa shape index (κ2) is 4.94. The maximum absolute atomic E-state index is 11.8. The number of ether oxygens (including phenoxy) is 1. The second-order valence-electron chi connectivity index (χ2n) is 4.52. The minimum Gasteiger partial charge on any atom is -0.372 e. The lowest BCUT2D eigenvalue weighted by atomic mass is 9.95. The van der Waals surface area contributed by atoms with Crippen LogP contribution in [0.3, 0.4) is 0 Å². The minimum absolute atomic E-state index is 0.0418. The highest BCUT2D eigenvalue weighted by atomic mass is 16.5. The van der Waals surface area contributed by atoms with E-state index in [0.717, 1.165) is 12.8 Å². The SMILES string of the molecule is CCC(OC)C(=O)NC(C)(CN)C1CC1. The molecule has 15 heavy (non-hydrogen) atoms. The van der Waals surface area contributed by atoms with Gasteiger partial charge in [-0.15, -0.1) is 0 Å². The number of methoxy groups -OCH3 is 1. The highest BCUT2D eigenvalue weighted by Crippen LogP contribution is 2.39. The maximum Gasteiger partial charge on any atom is 0.249 e. The van der Waals surface area contributed by atoms with Crippen LogP contribution < -0.4 is 11.1 Å². The first-order chi connectivity index (χ1) is 7.07. The van der Waals surface area contributed by atoms with Crippen LogP contribution in [0.1, 0.15) is 33.1 Å². The number of carbonyl (C=O) groups is 1. The Hall–Kier alpha value is -0.610. The summed E-state index contributed by atoms with van der Waals surface area (Å²) in [4.78, 5) is 11.8. The molecule has 0 saturated heterocycles. The summed E-state index contributed by atoms with van der Waals surface area (Å²) in [5.41, 5.74) is 5.48. The van der Waals surface area contributed by atoms with E-state index in [2.05, 4.69) is 5.32 Å². The molecule has 0 aromatic carbocycles. The van der Waals surface area contributed by atoms with Gasteiger partial charge in [0, 0.05) is 13.7 Å². The highest BCUT2D eigenvalue weighted by molar-refractivity contribution is 5.81. The first kappa shape index (κ1) is 12.5. The molecule has 0 radical (unpaired) electrons. The number of nitrogens with one attached hydrogen (secondary N) is 1. The predicted molar refractivity (Wildman–Crippen MR) is 59.4 cm³/mol. The summed E-state index contributed by atoms with van der Waals surface area (Å²) in [7, 11) is 1.56. The number of rotatable bonds is 6. The molecular formula is C11H22N2O2. The zero-order valence-corrected chi connectivity index (χ0v) is 9.88. The predicted octanol–water partition coefficient (Wildman–Crippen LogP) is 0.655. The summed E-state index contributed by atoms with van der Waals surface area (Å²) in [6.45, 7) is 4.44. The summed E-state index contributed by atoms with van der Waals surface area (Å²) in [6.07, 6.45) is 2.66. The van der Waals surface area contributed by atoms with E-state index in [1.54, 1.807) is 7.11 Å². The van der Waals surface area contributed by atoms with E-state index in [9.17, 15) is 4.79 Å². The molecule has 88 valence electrons. The van der Waals surface area contributed by atoms with Gasteiger partial charge in [0.25, 0.3) is 0 Å². The third kappa shape index (κ3) is 2.92. The number of hydrogen-bond acceptors (Lipinski definition) is 3. The fraction of sp³-hybridized carbons (Fsp3) is 0.909. The molecule has 0 aromatic heterocycles. The number of amides is 1. The molecule has 3 N–H and O–H groups in total. The van der Waals surface area contributed by atoms with Crippen LogP contribution in [0.4, 0.5) is 0 Å². The monoisotopic (exact) mass is 214 g/mol. The van der Waals surface area contributed by atoms with E-state index in [1.165, 1.54) is 0 Å². The Morgan fingerprint density at radius 1 is 1.67 bits per heavy atom. The van der Waals surface area contributed by atoms with Gasteiger partial charge in [-0.05, 0) is 32.1 Å². The molecule has 0 spiro atoms. The van der Waals surface area contributed by atoms with E-state index >= 15 is 0 Å². The molecule has 1 amide bonds. The van der Waals surface area contributed by atoms with Gasteiger partial charge in [-0.1, -0.05) is 6.92 Å². The molecule has 0 aliphatic heterocycles. The standard InChI is InChI=1S/C11H22N2O2/c1-4-9(15-3)10(14)13-11(2,7-12)8-5-6-8/h8-9H,4-7,12H2,1-3H3,(H,13,14). The molecule has 0 bridgehead atoms. The van der Waals surface area contributed by atoms with E-state index < -0.39 is 0 Å². The normalized spacial score (nSPS) is 21.9. The van der Waals surface area contributed by atoms with Crippen LogP contribution in [0.25, 0.3) is 0 Å². The molecule has 1 saturated carbocycles. The Bertz CT molecular complexity index is 225. The average molecular weight is 214 g/mol. The van der Waals surface area contributed by atoms with Gasteiger partial charge in [0.1, 0.15) is 6.10 Å². The molecule has 2 atom stereocenters. The molecule has 4 nitrogen and oxygen atoms in total. The fourth-order valence-corrected chi connectivity index (χ4v) is 1.86.